The number of rotatable bonds is 6. The Kier molecular flexibility index (Phi) is 5.44. The molecule has 21 heavy (non-hydrogen) atoms. The molecular formula is C16H19BrN2O2. The van der Waals surface area contributed by atoms with Crippen molar-refractivity contribution in [3.63, 3.8) is 0 Å². The van der Waals surface area contributed by atoms with Crippen LogP contribution in [0.25, 0.3) is 0 Å². The van der Waals surface area contributed by atoms with Crippen LogP contribution in [-0.2, 0) is 13.0 Å². The Labute approximate surface area is 133 Å². The number of amides is 1. The lowest BCUT2D eigenvalue weighted by Gasteiger charge is -2.08. The highest BCUT2D eigenvalue weighted by Gasteiger charge is 2.11. The van der Waals surface area contributed by atoms with Gasteiger partial charge in [-0.2, -0.15) is 0 Å². The molecule has 112 valence electrons. The van der Waals surface area contributed by atoms with Crippen molar-refractivity contribution >= 4 is 21.8 Å². The van der Waals surface area contributed by atoms with Gasteiger partial charge in [0.15, 0.2) is 0 Å². The quantitative estimate of drug-likeness (QED) is 0.868. The predicted octanol–water partition coefficient (Wildman–Crippen LogP) is 3.25. The first-order chi connectivity index (χ1) is 10.1. The molecule has 0 radical (unpaired) electrons. The summed E-state index contributed by atoms with van der Waals surface area (Å²) >= 11 is 3.40. The second-order valence-electron chi connectivity index (χ2n) is 4.68. The molecule has 0 unspecified atom stereocenters. The monoisotopic (exact) mass is 350 g/mol. The van der Waals surface area contributed by atoms with Crippen molar-refractivity contribution in [3.05, 3.63) is 52.3 Å². The van der Waals surface area contributed by atoms with E-state index in [2.05, 4.69) is 21.2 Å². The highest BCUT2D eigenvalue weighted by Crippen LogP contribution is 2.15. The second kappa shape index (κ2) is 7.31. The zero-order chi connectivity index (χ0) is 15.2. The normalized spacial score (nSPS) is 10.4. The average Bonchev–Trinajstić information content (AvgIpc) is 2.89. The lowest BCUT2D eigenvalue weighted by Crippen LogP contribution is -2.27. The van der Waals surface area contributed by atoms with Crippen LogP contribution < -0.4 is 10.1 Å². The molecule has 5 heteroatoms. The minimum absolute atomic E-state index is 0.0453. The fourth-order valence-corrected chi connectivity index (χ4v) is 2.59. The van der Waals surface area contributed by atoms with Crippen molar-refractivity contribution in [3.8, 4) is 5.75 Å². The summed E-state index contributed by atoms with van der Waals surface area (Å²) in [6.45, 7) is 3.39. The summed E-state index contributed by atoms with van der Waals surface area (Å²) < 4.78 is 7.96. The van der Waals surface area contributed by atoms with Gasteiger partial charge >= 0.3 is 0 Å². The number of nitrogens with one attached hydrogen (secondary N) is 1. The molecule has 1 amide bonds. The van der Waals surface area contributed by atoms with Crippen LogP contribution >= 0.6 is 15.9 Å². The van der Waals surface area contributed by atoms with E-state index in [0.29, 0.717) is 12.2 Å². The van der Waals surface area contributed by atoms with Crippen LogP contribution in [0.2, 0.25) is 0 Å². The van der Waals surface area contributed by atoms with Gasteiger partial charge in [0.1, 0.15) is 11.4 Å². The summed E-state index contributed by atoms with van der Waals surface area (Å²) in [5, 5.41) is 2.95. The summed E-state index contributed by atoms with van der Waals surface area (Å²) in [5.74, 6) is 0.796. The summed E-state index contributed by atoms with van der Waals surface area (Å²) in [4.78, 5) is 12.2. The molecule has 0 saturated heterocycles. The number of ether oxygens (including phenoxy) is 1. The molecule has 0 atom stereocenters. The van der Waals surface area contributed by atoms with Crippen LogP contribution in [-0.4, -0.2) is 24.1 Å². The first kappa shape index (κ1) is 15.6. The Hall–Kier alpha value is -1.75. The van der Waals surface area contributed by atoms with E-state index in [1.165, 1.54) is 5.56 Å². The maximum absolute atomic E-state index is 12.2. The number of aryl methyl sites for hydroxylation is 1. The second-order valence-corrected chi connectivity index (χ2v) is 5.60. The molecule has 1 heterocycles. The van der Waals surface area contributed by atoms with Gasteiger partial charge in [0.25, 0.3) is 5.91 Å². The maximum atomic E-state index is 12.2. The Balaban J connectivity index is 1.88. The lowest BCUT2D eigenvalue weighted by molar-refractivity contribution is 0.0945. The van der Waals surface area contributed by atoms with Crippen LogP contribution in [0.5, 0.6) is 5.75 Å². The summed E-state index contributed by atoms with van der Waals surface area (Å²) in [7, 11) is 1.65. The van der Waals surface area contributed by atoms with Gasteiger partial charge in [-0.25, -0.2) is 0 Å². The third-order valence-corrected chi connectivity index (χ3v) is 3.73. The largest absolute Gasteiger partial charge is 0.497 e. The lowest BCUT2D eigenvalue weighted by atomic mass is 10.1. The molecule has 0 fully saturated rings. The van der Waals surface area contributed by atoms with Crippen LogP contribution in [0, 0.1) is 0 Å². The minimum Gasteiger partial charge on any atom is -0.497 e. The third kappa shape index (κ3) is 4.11. The van der Waals surface area contributed by atoms with Gasteiger partial charge in [0.2, 0.25) is 0 Å². The van der Waals surface area contributed by atoms with E-state index < -0.39 is 0 Å². The van der Waals surface area contributed by atoms with Gasteiger partial charge in [0, 0.05) is 23.8 Å². The molecule has 1 N–H and O–H groups in total. The number of methoxy groups -OCH3 is 1. The first-order valence-electron chi connectivity index (χ1n) is 6.91. The number of hydrogen-bond acceptors (Lipinski definition) is 2. The van der Waals surface area contributed by atoms with Crippen molar-refractivity contribution in [1.29, 1.82) is 0 Å². The van der Waals surface area contributed by atoms with Crippen molar-refractivity contribution in [1.82, 2.24) is 9.88 Å². The van der Waals surface area contributed by atoms with E-state index in [9.17, 15) is 4.79 Å². The molecule has 0 aliphatic carbocycles. The van der Waals surface area contributed by atoms with Gasteiger partial charge in [-0.3, -0.25) is 4.79 Å². The molecule has 0 aliphatic heterocycles. The average molecular weight is 351 g/mol. The Bertz CT molecular complexity index is 605. The highest BCUT2D eigenvalue weighted by molar-refractivity contribution is 9.10. The molecule has 0 spiro atoms. The van der Waals surface area contributed by atoms with Crippen molar-refractivity contribution in [2.24, 2.45) is 0 Å². The fraction of sp³-hybridized carbons (Fsp3) is 0.312. The zero-order valence-corrected chi connectivity index (χ0v) is 13.8. The molecular weight excluding hydrogens is 332 g/mol. The number of hydrogen-bond donors (Lipinski definition) is 1. The summed E-state index contributed by atoms with van der Waals surface area (Å²) in [6, 6.07) is 9.71. The maximum Gasteiger partial charge on any atom is 0.267 e. The Morgan fingerprint density at radius 2 is 2.05 bits per heavy atom. The molecule has 2 rings (SSSR count). The predicted molar refractivity (Wildman–Crippen MR) is 86.8 cm³/mol. The fourth-order valence-electron chi connectivity index (χ4n) is 2.13. The number of carbonyl (C=O) groups is 1. The third-order valence-electron chi connectivity index (χ3n) is 3.29. The van der Waals surface area contributed by atoms with Crippen molar-refractivity contribution in [2.75, 3.05) is 13.7 Å². The molecule has 0 aliphatic rings. The SMILES string of the molecule is CCn1cc(Br)cc1C(=O)NCCc1ccc(OC)cc1. The molecule has 0 bridgehead atoms. The number of halogens is 1. The van der Waals surface area contributed by atoms with E-state index in [4.69, 9.17) is 4.74 Å². The molecule has 2 aromatic rings. The van der Waals surface area contributed by atoms with Crippen LogP contribution in [0.1, 0.15) is 23.0 Å². The van der Waals surface area contributed by atoms with Gasteiger partial charge in [-0.15, -0.1) is 0 Å². The van der Waals surface area contributed by atoms with Gasteiger partial charge in [0.05, 0.1) is 7.11 Å². The molecule has 4 nitrogen and oxygen atoms in total. The standard InChI is InChI=1S/C16H19BrN2O2/c1-3-19-11-13(17)10-15(19)16(20)18-9-8-12-4-6-14(21-2)7-5-12/h4-7,10-11H,3,8-9H2,1-2H3,(H,18,20). The van der Waals surface area contributed by atoms with Gasteiger partial charge < -0.3 is 14.6 Å². The number of carbonyl (C=O) groups excluding carboxylic acids is 1. The molecule has 1 aromatic carbocycles. The van der Waals surface area contributed by atoms with E-state index >= 15 is 0 Å². The number of nitrogens with zero attached hydrogens (tertiary/aromatic N) is 1. The summed E-state index contributed by atoms with van der Waals surface area (Å²) in [6.07, 6.45) is 2.71. The van der Waals surface area contributed by atoms with Crippen molar-refractivity contribution in [2.45, 2.75) is 19.9 Å². The molecule has 0 saturated carbocycles. The van der Waals surface area contributed by atoms with Crippen LogP contribution in [0.15, 0.2) is 41.0 Å². The van der Waals surface area contributed by atoms with Crippen LogP contribution in [0.3, 0.4) is 0 Å². The zero-order valence-electron chi connectivity index (χ0n) is 12.2. The molecule has 1 aromatic heterocycles. The summed E-state index contributed by atoms with van der Waals surface area (Å²) in [5.41, 5.74) is 1.85. The smallest absolute Gasteiger partial charge is 0.267 e. The minimum atomic E-state index is -0.0453. The van der Waals surface area contributed by atoms with E-state index in [1.54, 1.807) is 7.11 Å². The Morgan fingerprint density at radius 3 is 2.67 bits per heavy atom. The van der Waals surface area contributed by atoms with E-state index in [1.807, 2.05) is 48.0 Å². The topological polar surface area (TPSA) is 43.3 Å². The van der Waals surface area contributed by atoms with E-state index in [0.717, 1.165) is 23.2 Å². The first-order valence-corrected chi connectivity index (χ1v) is 7.70. The van der Waals surface area contributed by atoms with Gasteiger partial charge in [-0.1, -0.05) is 12.1 Å². The van der Waals surface area contributed by atoms with Crippen LogP contribution in [0.4, 0.5) is 0 Å². The number of benzene rings is 1. The highest BCUT2D eigenvalue weighted by atomic mass is 79.9. The number of aromatic nitrogens is 1. The van der Waals surface area contributed by atoms with Gasteiger partial charge in [-0.05, 0) is 53.0 Å². The van der Waals surface area contributed by atoms with E-state index in [-0.39, 0.29) is 5.91 Å². The Morgan fingerprint density at radius 1 is 1.33 bits per heavy atom. The van der Waals surface area contributed by atoms with Crippen molar-refractivity contribution < 1.29 is 9.53 Å².